The highest BCUT2D eigenvalue weighted by Gasteiger charge is 2.60. The molecule has 0 aromatic heterocycles. The van der Waals surface area contributed by atoms with E-state index in [1.165, 1.54) is 12.1 Å². The summed E-state index contributed by atoms with van der Waals surface area (Å²) in [5.74, 6) is -5.23. The molecule has 0 aliphatic carbocycles. The minimum Gasteiger partial charge on any atom is -0.480 e. The Bertz CT molecular complexity index is 1060. The van der Waals surface area contributed by atoms with Gasteiger partial charge in [-0.1, -0.05) is 30.3 Å². The maximum atomic E-state index is 13.1. The van der Waals surface area contributed by atoms with Gasteiger partial charge < -0.3 is 15.2 Å². The summed E-state index contributed by atoms with van der Waals surface area (Å²) in [5, 5.41) is 15.4. The molecule has 174 valence electrons. The fourth-order valence-electron chi connectivity index (χ4n) is 4.40. The number of imide groups is 1. The lowest BCUT2D eigenvalue weighted by molar-refractivity contribution is -0.274. The number of alkyl halides is 3. The predicted molar refractivity (Wildman–Crippen MR) is 109 cm³/mol. The zero-order valence-corrected chi connectivity index (χ0v) is 17.1. The van der Waals surface area contributed by atoms with Crippen LogP contribution >= 0.6 is 0 Å². The number of carboxylic acids is 1. The maximum Gasteiger partial charge on any atom is 0.573 e. The lowest BCUT2D eigenvalue weighted by atomic mass is 9.86. The number of nitrogens with zero attached hydrogens (tertiary/aromatic N) is 1. The first-order valence-electron chi connectivity index (χ1n) is 10.1. The number of carbonyl (C=O) groups is 3. The molecule has 3 N–H and O–H groups in total. The number of carbonyl (C=O) groups excluding carboxylic acids is 2. The smallest absolute Gasteiger partial charge is 0.480 e. The maximum absolute atomic E-state index is 13.1. The molecule has 2 aliphatic rings. The van der Waals surface area contributed by atoms with Gasteiger partial charge in [-0.3, -0.25) is 24.6 Å². The van der Waals surface area contributed by atoms with Crippen molar-refractivity contribution in [1.82, 2.24) is 10.2 Å². The molecule has 2 aliphatic heterocycles. The highest BCUT2D eigenvalue weighted by Crippen LogP contribution is 2.44. The van der Waals surface area contributed by atoms with Gasteiger partial charge in [-0.05, 0) is 29.8 Å². The predicted octanol–water partition coefficient (Wildman–Crippen LogP) is 2.40. The van der Waals surface area contributed by atoms with Crippen molar-refractivity contribution >= 4 is 23.5 Å². The number of ether oxygens (including phenoxy) is 1. The molecule has 2 heterocycles. The van der Waals surface area contributed by atoms with Crippen molar-refractivity contribution in [3.63, 3.8) is 0 Å². The Morgan fingerprint density at radius 2 is 1.76 bits per heavy atom. The number of nitrogens with one attached hydrogen (secondary N) is 2. The van der Waals surface area contributed by atoms with Gasteiger partial charge in [0.25, 0.3) is 0 Å². The number of halogens is 3. The molecular formula is C22H20F3N3O5. The van der Waals surface area contributed by atoms with Crippen LogP contribution in [-0.4, -0.2) is 53.3 Å². The molecule has 4 unspecified atom stereocenters. The molecule has 2 aromatic rings. The number of rotatable bonds is 7. The van der Waals surface area contributed by atoms with Gasteiger partial charge in [-0.25, -0.2) is 0 Å². The Hall–Kier alpha value is -3.60. The van der Waals surface area contributed by atoms with Crippen LogP contribution in [0.2, 0.25) is 0 Å². The summed E-state index contributed by atoms with van der Waals surface area (Å²) in [6.45, 7) is 0.279. The van der Waals surface area contributed by atoms with Gasteiger partial charge in [-0.15, -0.1) is 13.2 Å². The summed E-state index contributed by atoms with van der Waals surface area (Å²) in [4.78, 5) is 38.9. The van der Waals surface area contributed by atoms with Crippen LogP contribution in [0.5, 0.6) is 5.75 Å². The van der Waals surface area contributed by atoms with Crippen LogP contribution in [0.15, 0.2) is 54.6 Å². The topological polar surface area (TPSA) is 108 Å². The number of para-hydroxylation sites is 1. The number of carboxylic acid groups (broad SMARTS) is 1. The normalized spacial score (nSPS) is 24.6. The summed E-state index contributed by atoms with van der Waals surface area (Å²) < 4.78 is 41.8. The first-order chi connectivity index (χ1) is 15.7. The highest BCUT2D eigenvalue weighted by molar-refractivity contribution is 6.08. The first-order valence-corrected chi connectivity index (χ1v) is 10.1. The Balaban J connectivity index is 1.55. The van der Waals surface area contributed by atoms with Crippen molar-refractivity contribution in [3.8, 4) is 5.75 Å². The number of hydrogen-bond acceptors (Lipinski definition) is 6. The number of anilines is 1. The third-order valence-electron chi connectivity index (χ3n) is 5.72. The van der Waals surface area contributed by atoms with E-state index in [2.05, 4.69) is 15.4 Å². The zero-order chi connectivity index (χ0) is 23.8. The van der Waals surface area contributed by atoms with Crippen LogP contribution < -0.4 is 15.4 Å². The van der Waals surface area contributed by atoms with Crippen molar-refractivity contribution in [2.24, 2.45) is 11.8 Å². The van der Waals surface area contributed by atoms with Crippen molar-refractivity contribution in [2.75, 3.05) is 18.4 Å². The summed E-state index contributed by atoms with van der Waals surface area (Å²) >= 11 is 0. The van der Waals surface area contributed by atoms with Crippen LogP contribution in [0, 0.1) is 11.8 Å². The fraction of sp³-hybridized carbons (Fsp3) is 0.318. The average Bonchev–Trinajstić information content (AvgIpc) is 3.26. The number of likely N-dealkylation sites (tertiary alicyclic amines) is 1. The SMILES string of the molecule is O=C(O)C1NC(c2cccc(OC(F)(F)F)c2)C2C(=O)N(CCNc3ccccc3)C(=O)C12. The van der Waals surface area contributed by atoms with E-state index < -0.39 is 53.8 Å². The number of aliphatic carboxylic acids is 1. The van der Waals surface area contributed by atoms with Crippen LogP contribution in [0.3, 0.4) is 0 Å². The molecule has 2 fully saturated rings. The van der Waals surface area contributed by atoms with E-state index in [0.29, 0.717) is 0 Å². The van der Waals surface area contributed by atoms with Gasteiger partial charge in [-0.2, -0.15) is 0 Å². The van der Waals surface area contributed by atoms with Crippen molar-refractivity contribution in [3.05, 3.63) is 60.2 Å². The second-order valence-corrected chi connectivity index (χ2v) is 7.75. The molecular weight excluding hydrogens is 443 g/mol. The standard InChI is InChI=1S/C22H20F3N3O5/c23-22(24,25)33-14-8-4-5-12(11-14)17-15-16(18(27-17)21(31)32)20(30)28(19(15)29)10-9-26-13-6-2-1-3-7-13/h1-8,11,15-18,26-27H,9-10H2,(H,31,32). The lowest BCUT2D eigenvalue weighted by Gasteiger charge is -2.22. The summed E-state index contributed by atoms with van der Waals surface area (Å²) in [6, 6.07) is 11.8. The number of amides is 2. The van der Waals surface area contributed by atoms with Crippen molar-refractivity contribution in [2.45, 2.75) is 18.4 Å². The second kappa shape index (κ2) is 8.74. The zero-order valence-electron chi connectivity index (χ0n) is 17.1. The van der Waals surface area contributed by atoms with Crippen molar-refractivity contribution in [1.29, 1.82) is 0 Å². The van der Waals surface area contributed by atoms with Gasteiger partial charge in [0, 0.05) is 24.8 Å². The van der Waals surface area contributed by atoms with Crippen LogP contribution in [0.25, 0.3) is 0 Å². The third-order valence-corrected chi connectivity index (χ3v) is 5.72. The summed E-state index contributed by atoms with van der Waals surface area (Å²) in [6.07, 6.45) is -4.91. The quantitative estimate of drug-likeness (QED) is 0.541. The number of benzene rings is 2. The monoisotopic (exact) mass is 463 g/mol. The Morgan fingerprint density at radius 3 is 2.42 bits per heavy atom. The third kappa shape index (κ3) is 4.63. The summed E-state index contributed by atoms with van der Waals surface area (Å²) in [7, 11) is 0. The van der Waals surface area contributed by atoms with E-state index >= 15 is 0 Å². The van der Waals surface area contributed by atoms with Crippen LogP contribution in [0.1, 0.15) is 11.6 Å². The van der Waals surface area contributed by atoms with E-state index in [1.807, 2.05) is 30.3 Å². The van der Waals surface area contributed by atoms with Gasteiger partial charge in [0.05, 0.1) is 11.8 Å². The Morgan fingerprint density at radius 1 is 1.06 bits per heavy atom. The molecule has 11 heteroatoms. The minimum absolute atomic E-state index is 0.0237. The van der Waals surface area contributed by atoms with E-state index in [0.717, 1.165) is 22.7 Å². The van der Waals surface area contributed by atoms with Gasteiger partial charge >= 0.3 is 12.3 Å². The van der Waals surface area contributed by atoms with E-state index in [4.69, 9.17) is 0 Å². The van der Waals surface area contributed by atoms with Gasteiger partial charge in [0.15, 0.2) is 0 Å². The molecule has 33 heavy (non-hydrogen) atoms. The molecule has 8 nitrogen and oxygen atoms in total. The molecule has 4 atom stereocenters. The van der Waals surface area contributed by atoms with E-state index in [-0.39, 0.29) is 18.7 Å². The summed E-state index contributed by atoms with van der Waals surface area (Å²) in [5.41, 5.74) is 1.02. The number of fused-ring (bicyclic) bond motifs is 1. The van der Waals surface area contributed by atoms with Crippen LogP contribution in [-0.2, 0) is 14.4 Å². The second-order valence-electron chi connectivity index (χ2n) is 7.75. The van der Waals surface area contributed by atoms with E-state index in [9.17, 15) is 32.7 Å². The lowest BCUT2D eigenvalue weighted by Crippen LogP contribution is -2.44. The molecule has 0 saturated carbocycles. The van der Waals surface area contributed by atoms with Crippen LogP contribution in [0.4, 0.5) is 18.9 Å². The molecule has 2 aromatic carbocycles. The highest BCUT2D eigenvalue weighted by atomic mass is 19.4. The molecule has 2 saturated heterocycles. The van der Waals surface area contributed by atoms with Gasteiger partial charge in [0.1, 0.15) is 11.8 Å². The first kappa shape index (κ1) is 22.6. The van der Waals surface area contributed by atoms with Gasteiger partial charge in [0.2, 0.25) is 11.8 Å². The molecule has 2 amide bonds. The van der Waals surface area contributed by atoms with Crippen molar-refractivity contribution < 1.29 is 37.4 Å². The molecule has 0 spiro atoms. The largest absolute Gasteiger partial charge is 0.573 e. The Labute approximate surface area is 186 Å². The van der Waals surface area contributed by atoms with E-state index in [1.54, 1.807) is 0 Å². The Kier molecular flexibility index (Phi) is 5.98. The molecule has 4 rings (SSSR count). The fourth-order valence-corrected chi connectivity index (χ4v) is 4.40. The average molecular weight is 463 g/mol. The number of hydrogen-bond donors (Lipinski definition) is 3. The molecule has 0 radical (unpaired) electrons. The molecule has 0 bridgehead atoms. The minimum atomic E-state index is -4.91.